The van der Waals surface area contributed by atoms with Crippen LogP contribution in [0.1, 0.15) is 0 Å². The van der Waals surface area contributed by atoms with Crippen molar-refractivity contribution >= 4 is 11.7 Å². The minimum atomic E-state index is -0.294. The highest BCUT2D eigenvalue weighted by Gasteiger charge is 2.23. The van der Waals surface area contributed by atoms with E-state index in [0.29, 0.717) is 17.3 Å². The van der Waals surface area contributed by atoms with Gasteiger partial charge in [-0.05, 0) is 36.4 Å². The second-order valence-electron chi connectivity index (χ2n) is 4.27. The first-order valence-corrected chi connectivity index (χ1v) is 5.81. The predicted molar refractivity (Wildman–Crippen MR) is 68.5 cm³/mol. The number of fused-ring (bicyclic) bond motifs is 1. The lowest BCUT2D eigenvalue weighted by molar-refractivity contribution is -0.121. The molecule has 0 spiro atoms. The van der Waals surface area contributed by atoms with Crippen LogP contribution in [0.4, 0.5) is 10.2 Å². The zero-order valence-corrected chi connectivity index (χ0v) is 10.3. The number of anilines is 1. The summed E-state index contributed by atoms with van der Waals surface area (Å²) in [6.07, 6.45) is 0. The number of hydrogen-bond donors (Lipinski definition) is 0. The first kappa shape index (κ1) is 11.6. The maximum atomic E-state index is 12.9. The van der Waals surface area contributed by atoms with Gasteiger partial charge in [-0.1, -0.05) is 0 Å². The van der Waals surface area contributed by atoms with Crippen molar-refractivity contribution in [1.82, 2.24) is 4.98 Å². The van der Waals surface area contributed by atoms with E-state index in [1.54, 1.807) is 31.3 Å². The van der Waals surface area contributed by atoms with Gasteiger partial charge in [0.25, 0.3) is 5.91 Å². The summed E-state index contributed by atoms with van der Waals surface area (Å²) in [5.41, 5.74) is 1.46. The molecule has 5 heteroatoms. The number of aromatic nitrogens is 1. The average Bonchev–Trinajstić information content (AvgIpc) is 2.44. The molecule has 1 amide bonds. The minimum Gasteiger partial charge on any atom is -0.480 e. The summed E-state index contributed by atoms with van der Waals surface area (Å²) in [5.74, 6) is 0.625. The van der Waals surface area contributed by atoms with E-state index in [4.69, 9.17) is 4.74 Å². The van der Waals surface area contributed by atoms with Gasteiger partial charge < -0.3 is 4.74 Å². The summed E-state index contributed by atoms with van der Waals surface area (Å²) >= 11 is 0. The van der Waals surface area contributed by atoms with Crippen molar-refractivity contribution in [2.24, 2.45) is 0 Å². The van der Waals surface area contributed by atoms with Gasteiger partial charge in [0.2, 0.25) is 0 Å². The fourth-order valence-corrected chi connectivity index (χ4v) is 1.92. The van der Waals surface area contributed by atoms with Crippen molar-refractivity contribution in [3.05, 3.63) is 42.2 Å². The topological polar surface area (TPSA) is 42.4 Å². The molecule has 1 aromatic carbocycles. The lowest BCUT2D eigenvalue weighted by Gasteiger charge is -2.25. The monoisotopic (exact) mass is 258 g/mol. The van der Waals surface area contributed by atoms with Crippen LogP contribution in [-0.2, 0) is 4.79 Å². The Morgan fingerprint density at radius 3 is 2.68 bits per heavy atom. The molecule has 1 aliphatic rings. The molecule has 0 aliphatic carbocycles. The Morgan fingerprint density at radius 1 is 1.21 bits per heavy atom. The number of benzene rings is 1. The Morgan fingerprint density at radius 2 is 1.95 bits per heavy atom. The van der Waals surface area contributed by atoms with Gasteiger partial charge in [0, 0.05) is 12.6 Å². The van der Waals surface area contributed by atoms with Crippen molar-refractivity contribution in [2.75, 3.05) is 18.6 Å². The fraction of sp³-hybridized carbons (Fsp3) is 0.143. The zero-order valence-electron chi connectivity index (χ0n) is 10.3. The summed E-state index contributed by atoms with van der Waals surface area (Å²) in [6, 6.07) is 9.61. The molecule has 0 saturated heterocycles. The summed E-state index contributed by atoms with van der Waals surface area (Å²) in [7, 11) is 1.66. The average molecular weight is 258 g/mol. The van der Waals surface area contributed by atoms with E-state index in [9.17, 15) is 9.18 Å². The highest BCUT2D eigenvalue weighted by molar-refractivity contribution is 5.96. The summed E-state index contributed by atoms with van der Waals surface area (Å²) in [5, 5.41) is 0. The molecule has 0 unspecified atom stereocenters. The van der Waals surface area contributed by atoms with Gasteiger partial charge >= 0.3 is 0 Å². The van der Waals surface area contributed by atoms with Gasteiger partial charge in [-0.3, -0.25) is 9.69 Å². The highest BCUT2D eigenvalue weighted by atomic mass is 19.1. The largest absolute Gasteiger partial charge is 0.480 e. The Kier molecular flexibility index (Phi) is 2.67. The van der Waals surface area contributed by atoms with Crippen LogP contribution >= 0.6 is 0 Å². The number of likely N-dealkylation sites (N-methyl/N-ethyl adjacent to an activating group) is 1. The van der Waals surface area contributed by atoms with E-state index in [0.717, 1.165) is 5.56 Å². The van der Waals surface area contributed by atoms with Crippen molar-refractivity contribution < 1.29 is 13.9 Å². The van der Waals surface area contributed by atoms with E-state index in [2.05, 4.69) is 4.98 Å². The Hall–Kier alpha value is -2.43. The molecular weight excluding hydrogens is 247 g/mol. The van der Waals surface area contributed by atoms with E-state index >= 15 is 0 Å². The molecular formula is C14H11FN2O2. The van der Waals surface area contributed by atoms with Gasteiger partial charge in [-0.25, -0.2) is 9.37 Å². The van der Waals surface area contributed by atoms with Crippen LogP contribution in [0.2, 0.25) is 0 Å². The minimum absolute atomic E-state index is 0.0288. The molecule has 19 heavy (non-hydrogen) atoms. The Bertz CT molecular complexity index is 640. The summed E-state index contributed by atoms with van der Waals surface area (Å²) in [6.45, 7) is 0.0288. The molecule has 0 fully saturated rings. The zero-order chi connectivity index (χ0) is 13.4. The summed E-state index contributed by atoms with van der Waals surface area (Å²) in [4.78, 5) is 17.4. The van der Waals surface area contributed by atoms with E-state index in [1.165, 1.54) is 17.0 Å². The molecule has 96 valence electrons. The number of hydrogen-bond acceptors (Lipinski definition) is 3. The molecule has 0 radical (unpaired) electrons. The predicted octanol–water partition coefficient (Wildman–Crippen LogP) is 2.24. The lowest BCUT2D eigenvalue weighted by atomic mass is 10.1. The van der Waals surface area contributed by atoms with Crippen LogP contribution in [-0.4, -0.2) is 24.5 Å². The first-order chi connectivity index (χ1) is 9.15. The number of carbonyl (C=O) groups is 1. The normalized spacial score (nSPS) is 14.0. The molecule has 0 atom stereocenters. The molecule has 2 heterocycles. The van der Waals surface area contributed by atoms with Crippen LogP contribution < -0.4 is 9.64 Å². The number of halogens is 1. The number of carbonyl (C=O) groups excluding carboxylic acids is 1. The number of nitrogens with zero attached hydrogens (tertiary/aromatic N) is 2. The van der Waals surface area contributed by atoms with Crippen LogP contribution in [0.5, 0.6) is 5.75 Å². The highest BCUT2D eigenvalue weighted by Crippen LogP contribution is 2.31. The van der Waals surface area contributed by atoms with Crippen molar-refractivity contribution in [3.63, 3.8) is 0 Å². The van der Waals surface area contributed by atoms with Crippen LogP contribution in [0.3, 0.4) is 0 Å². The molecule has 3 rings (SSSR count). The quantitative estimate of drug-likeness (QED) is 0.787. The number of ether oxygens (including phenoxy) is 1. The van der Waals surface area contributed by atoms with Crippen molar-refractivity contribution in [1.29, 1.82) is 0 Å². The first-order valence-electron chi connectivity index (χ1n) is 5.81. The third-order valence-electron chi connectivity index (χ3n) is 3.02. The third-order valence-corrected chi connectivity index (χ3v) is 3.02. The molecule has 0 N–H and O–H groups in total. The van der Waals surface area contributed by atoms with E-state index in [-0.39, 0.29) is 18.3 Å². The number of amides is 1. The lowest BCUT2D eigenvalue weighted by Crippen LogP contribution is -2.36. The SMILES string of the molecule is CN1C(=O)COc2ccc(-c3ccc(F)cc3)nc21. The fourth-order valence-electron chi connectivity index (χ4n) is 1.92. The van der Waals surface area contributed by atoms with Crippen molar-refractivity contribution in [3.8, 4) is 17.0 Å². The van der Waals surface area contributed by atoms with Crippen LogP contribution in [0, 0.1) is 5.82 Å². The van der Waals surface area contributed by atoms with Crippen molar-refractivity contribution in [2.45, 2.75) is 0 Å². The molecule has 4 nitrogen and oxygen atoms in total. The number of pyridine rings is 1. The van der Waals surface area contributed by atoms with Crippen LogP contribution in [0.25, 0.3) is 11.3 Å². The van der Waals surface area contributed by atoms with Gasteiger partial charge in [0.1, 0.15) is 5.82 Å². The van der Waals surface area contributed by atoms with E-state index in [1.807, 2.05) is 0 Å². The smallest absolute Gasteiger partial charge is 0.265 e. The number of rotatable bonds is 1. The van der Waals surface area contributed by atoms with E-state index < -0.39 is 0 Å². The molecule has 1 aromatic heterocycles. The second kappa shape index (κ2) is 4.35. The van der Waals surface area contributed by atoms with Gasteiger partial charge in [0.15, 0.2) is 18.2 Å². The molecule has 2 aromatic rings. The third kappa shape index (κ3) is 2.03. The second-order valence-corrected chi connectivity index (χ2v) is 4.27. The van der Waals surface area contributed by atoms with Gasteiger partial charge in [-0.2, -0.15) is 0 Å². The Balaban J connectivity index is 2.05. The maximum Gasteiger partial charge on any atom is 0.265 e. The standard InChI is InChI=1S/C14H11FN2O2/c1-17-13(18)8-19-12-7-6-11(16-14(12)17)9-2-4-10(15)5-3-9/h2-7H,8H2,1H3. The summed E-state index contributed by atoms with van der Waals surface area (Å²) < 4.78 is 18.2. The Labute approximate surface area is 109 Å². The van der Waals surface area contributed by atoms with Gasteiger partial charge in [-0.15, -0.1) is 0 Å². The van der Waals surface area contributed by atoms with Crippen LogP contribution in [0.15, 0.2) is 36.4 Å². The molecule has 0 bridgehead atoms. The van der Waals surface area contributed by atoms with Gasteiger partial charge in [0.05, 0.1) is 5.69 Å². The molecule has 1 aliphatic heterocycles. The maximum absolute atomic E-state index is 12.9. The molecule has 0 saturated carbocycles.